The van der Waals surface area contributed by atoms with E-state index in [4.69, 9.17) is 10.00 Å². The fraction of sp³-hybridized carbons (Fsp3) is 0.0435. The van der Waals surface area contributed by atoms with Crippen LogP contribution in [0, 0.1) is 11.3 Å². The zero-order chi connectivity index (χ0) is 21.5. The highest BCUT2D eigenvalue weighted by molar-refractivity contribution is 6.09. The molecule has 0 bridgehead atoms. The first-order chi connectivity index (χ1) is 14.5. The van der Waals surface area contributed by atoms with Crippen molar-refractivity contribution in [1.29, 1.82) is 5.26 Å². The number of ether oxygens (including phenoxy) is 1. The third-order valence-electron chi connectivity index (χ3n) is 4.29. The number of hydrogen-bond acceptors (Lipinski definition) is 5. The average Bonchev–Trinajstić information content (AvgIpc) is 2.79. The van der Waals surface area contributed by atoms with Gasteiger partial charge in [-0.15, -0.1) is 0 Å². The molecule has 0 aliphatic heterocycles. The van der Waals surface area contributed by atoms with Crippen LogP contribution in [0.15, 0.2) is 72.8 Å². The molecule has 0 aromatic heterocycles. The molecular formula is C23H17N3O4. The molecule has 2 amide bonds. The molecule has 7 nitrogen and oxygen atoms in total. The number of methoxy groups -OCH3 is 1. The van der Waals surface area contributed by atoms with Gasteiger partial charge in [-0.05, 0) is 48.5 Å². The Bertz CT molecular complexity index is 1150. The van der Waals surface area contributed by atoms with Crippen LogP contribution in [0.4, 0.5) is 11.4 Å². The van der Waals surface area contributed by atoms with Gasteiger partial charge < -0.3 is 15.4 Å². The molecule has 3 aromatic rings. The summed E-state index contributed by atoms with van der Waals surface area (Å²) in [6.45, 7) is 0. The van der Waals surface area contributed by atoms with E-state index < -0.39 is 17.8 Å². The Balaban J connectivity index is 1.73. The summed E-state index contributed by atoms with van der Waals surface area (Å²) < 4.78 is 4.72. The molecule has 148 valence electrons. The number of benzene rings is 3. The minimum absolute atomic E-state index is 0.237. The van der Waals surface area contributed by atoms with E-state index >= 15 is 0 Å². The van der Waals surface area contributed by atoms with Gasteiger partial charge in [-0.2, -0.15) is 5.26 Å². The van der Waals surface area contributed by atoms with E-state index in [1.807, 2.05) is 6.07 Å². The number of rotatable bonds is 5. The van der Waals surface area contributed by atoms with Crippen LogP contribution < -0.4 is 10.6 Å². The van der Waals surface area contributed by atoms with Gasteiger partial charge in [0.2, 0.25) is 0 Å². The predicted molar refractivity (Wildman–Crippen MR) is 111 cm³/mol. The van der Waals surface area contributed by atoms with Crippen molar-refractivity contribution in [2.45, 2.75) is 0 Å². The summed E-state index contributed by atoms with van der Waals surface area (Å²) in [6.07, 6.45) is 0. The smallest absolute Gasteiger partial charge is 0.339 e. The lowest BCUT2D eigenvalue weighted by Crippen LogP contribution is -2.16. The normalized spacial score (nSPS) is 9.87. The zero-order valence-electron chi connectivity index (χ0n) is 16.0. The van der Waals surface area contributed by atoms with E-state index in [0.29, 0.717) is 28.1 Å². The van der Waals surface area contributed by atoms with Crippen LogP contribution in [-0.4, -0.2) is 24.9 Å². The van der Waals surface area contributed by atoms with Gasteiger partial charge in [-0.25, -0.2) is 4.79 Å². The Labute approximate surface area is 172 Å². The number of anilines is 2. The van der Waals surface area contributed by atoms with Gasteiger partial charge in [-0.1, -0.05) is 24.3 Å². The third-order valence-corrected chi connectivity index (χ3v) is 4.29. The number of nitriles is 1. The third kappa shape index (κ3) is 4.51. The van der Waals surface area contributed by atoms with E-state index in [1.165, 1.54) is 31.4 Å². The monoisotopic (exact) mass is 399 g/mol. The maximum atomic E-state index is 12.5. The van der Waals surface area contributed by atoms with Crippen LogP contribution in [0.5, 0.6) is 0 Å². The molecule has 2 N–H and O–H groups in total. The van der Waals surface area contributed by atoms with Gasteiger partial charge in [0.05, 0.1) is 29.6 Å². The number of hydrogen-bond donors (Lipinski definition) is 2. The van der Waals surface area contributed by atoms with E-state index in [9.17, 15) is 14.4 Å². The van der Waals surface area contributed by atoms with Crippen molar-refractivity contribution in [2.24, 2.45) is 0 Å². The lowest BCUT2D eigenvalue weighted by atomic mass is 10.1. The lowest BCUT2D eigenvalue weighted by molar-refractivity contribution is 0.0601. The standard InChI is InChI=1S/C23H17N3O4/c1-30-23(29)18-7-3-5-9-20(18)26-22(28)16-12-10-15(11-13-16)21(27)25-19-8-4-2-6-17(19)14-24/h2-13H,1H3,(H,25,27)(H,26,28). The van der Waals surface area contributed by atoms with Gasteiger partial charge in [0.1, 0.15) is 6.07 Å². The highest BCUT2D eigenvalue weighted by Gasteiger charge is 2.15. The lowest BCUT2D eigenvalue weighted by Gasteiger charge is -2.10. The molecule has 30 heavy (non-hydrogen) atoms. The Morgan fingerprint density at radius 2 is 1.27 bits per heavy atom. The summed E-state index contributed by atoms with van der Waals surface area (Å²) in [6, 6.07) is 21.2. The molecule has 0 heterocycles. The molecule has 0 saturated carbocycles. The molecule has 0 radical (unpaired) electrons. The highest BCUT2D eigenvalue weighted by Crippen LogP contribution is 2.18. The summed E-state index contributed by atoms with van der Waals surface area (Å²) in [5.41, 5.74) is 1.96. The first-order valence-corrected chi connectivity index (χ1v) is 8.92. The second-order valence-corrected chi connectivity index (χ2v) is 6.18. The van der Waals surface area contributed by atoms with E-state index in [-0.39, 0.29) is 5.56 Å². The quantitative estimate of drug-likeness (QED) is 0.634. The maximum absolute atomic E-state index is 12.5. The number of amides is 2. The van der Waals surface area contributed by atoms with Crippen molar-refractivity contribution in [2.75, 3.05) is 17.7 Å². The van der Waals surface area contributed by atoms with Crippen LogP contribution in [0.25, 0.3) is 0 Å². The van der Waals surface area contributed by atoms with Crippen LogP contribution in [0.1, 0.15) is 36.6 Å². The molecule has 0 fully saturated rings. The fourth-order valence-corrected chi connectivity index (χ4v) is 2.73. The van der Waals surface area contributed by atoms with Crippen molar-refractivity contribution in [1.82, 2.24) is 0 Å². The number of nitrogens with one attached hydrogen (secondary N) is 2. The molecule has 0 spiro atoms. The van der Waals surface area contributed by atoms with Crippen LogP contribution in [0.2, 0.25) is 0 Å². The van der Waals surface area contributed by atoms with Crippen LogP contribution in [0.3, 0.4) is 0 Å². The second kappa shape index (κ2) is 9.17. The molecule has 0 atom stereocenters. The van der Waals surface area contributed by atoms with Crippen LogP contribution >= 0.6 is 0 Å². The first-order valence-electron chi connectivity index (χ1n) is 8.92. The molecular weight excluding hydrogens is 382 g/mol. The van der Waals surface area contributed by atoms with Crippen molar-refractivity contribution in [3.8, 4) is 6.07 Å². The van der Waals surface area contributed by atoms with Crippen molar-refractivity contribution >= 4 is 29.2 Å². The number of para-hydroxylation sites is 2. The van der Waals surface area contributed by atoms with Crippen molar-refractivity contribution in [3.63, 3.8) is 0 Å². The average molecular weight is 399 g/mol. The van der Waals surface area contributed by atoms with Crippen LogP contribution in [-0.2, 0) is 4.74 Å². The Kier molecular flexibility index (Phi) is 6.20. The fourth-order valence-electron chi connectivity index (χ4n) is 2.73. The largest absolute Gasteiger partial charge is 0.465 e. The Morgan fingerprint density at radius 3 is 1.83 bits per heavy atom. The molecule has 3 rings (SSSR count). The minimum atomic E-state index is -0.560. The second-order valence-electron chi connectivity index (χ2n) is 6.18. The SMILES string of the molecule is COC(=O)c1ccccc1NC(=O)c1ccc(C(=O)Nc2ccccc2C#N)cc1. The topological polar surface area (TPSA) is 108 Å². The molecule has 0 aliphatic carbocycles. The number of carbonyl (C=O) groups is 3. The summed E-state index contributed by atoms with van der Waals surface area (Å²) in [5, 5.41) is 14.5. The number of nitrogens with zero attached hydrogens (tertiary/aromatic N) is 1. The summed E-state index contributed by atoms with van der Waals surface area (Å²) in [4.78, 5) is 36.8. The Hall–Kier alpha value is -4.44. The minimum Gasteiger partial charge on any atom is -0.465 e. The predicted octanol–water partition coefficient (Wildman–Crippen LogP) is 3.85. The van der Waals surface area contributed by atoms with Crippen molar-refractivity contribution in [3.05, 3.63) is 95.1 Å². The maximum Gasteiger partial charge on any atom is 0.339 e. The van der Waals surface area contributed by atoms with E-state index in [1.54, 1.807) is 48.5 Å². The molecule has 0 unspecified atom stereocenters. The Morgan fingerprint density at radius 1 is 0.767 bits per heavy atom. The summed E-state index contributed by atoms with van der Waals surface area (Å²) in [7, 11) is 1.26. The van der Waals surface area contributed by atoms with Gasteiger partial charge >= 0.3 is 5.97 Å². The van der Waals surface area contributed by atoms with E-state index in [2.05, 4.69) is 10.6 Å². The first kappa shape index (κ1) is 20.3. The summed E-state index contributed by atoms with van der Waals surface area (Å²) >= 11 is 0. The molecule has 3 aromatic carbocycles. The van der Waals surface area contributed by atoms with Gasteiger partial charge in [0, 0.05) is 11.1 Å². The molecule has 0 saturated heterocycles. The number of esters is 1. The molecule has 7 heteroatoms. The van der Waals surface area contributed by atoms with Gasteiger partial charge in [-0.3, -0.25) is 9.59 Å². The van der Waals surface area contributed by atoms with Gasteiger partial charge in [0.25, 0.3) is 11.8 Å². The van der Waals surface area contributed by atoms with E-state index in [0.717, 1.165) is 0 Å². The van der Waals surface area contributed by atoms with Crippen molar-refractivity contribution < 1.29 is 19.1 Å². The molecule has 0 aliphatic rings. The summed E-state index contributed by atoms with van der Waals surface area (Å²) in [5.74, 6) is -1.40. The number of carbonyl (C=O) groups excluding carboxylic acids is 3. The van der Waals surface area contributed by atoms with Gasteiger partial charge in [0.15, 0.2) is 0 Å². The highest BCUT2D eigenvalue weighted by atomic mass is 16.5. The zero-order valence-corrected chi connectivity index (χ0v) is 16.0.